The first-order valence-electron chi connectivity index (χ1n) is 10.9. The van der Waals surface area contributed by atoms with Crippen molar-refractivity contribution >= 4 is 11.9 Å². The predicted molar refractivity (Wildman–Crippen MR) is 129 cm³/mol. The van der Waals surface area contributed by atoms with Crippen LogP contribution in [-0.4, -0.2) is 31.9 Å². The van der Waals surface area contributed by atoms with Crippen LogP contribution in [0.25, 0.3) is 16.8 Å². The monoisotopic (exact) mass is 455 g/mol. The number of aromatic nitrogens is 2. The van der Waals surface area contributed by atoms with Crippen LogP contribution in [0.5, 0.6) is 5.88 Å². The van der Waals surface area contributed by atoms with Gasteiger partial charge < -0.3 is 15.5 Å². The number of aliphatic carboxylic acids is 1. The third kappa shape index (κ3) is 4.99. The number of carboxylic acid groups (broad SMARTS) is 1. The molecule has 0 fully saturated rings. The zero-order valence-corrected chi connectivity index (χ0v) is 18.9. The fourth-order valence-electron chi connectivity index (χ4n) is 3.80. The maximum atomic E-state index is 13.0. The quantitative estimate of drug-likeness (QED) is 0.371. The molecule has 1 heterocycles. The van der Waals surface area contributed by atoms with Crippen molar-refractivity contribution in [3.63, 3.8) is 0 Å². The predicted octanol–water partition coefficient (Wildman–Crippen LogP) is 4.81. The number of aromatic hydroxyl groups is 1. The number of benzene rings is 3. The van der Waals surface area contributed by atoms with Crippen molar-refractivity contribution in [2.24, 2.45) is 0 Å². The van der Waals surface area contributed by atoms with Gasteiger partial charge >= 0.3 is 5.97 Å². The molecule has 4 aromatic rings. The lowest BCUT2D eigenvalue weighted by atomic mass is 9.99. The van der Waals surface area contributed by atoms with Gasteiger partial charge in [-0.1, -0.05) is 66.7 Å². The van der Waals surface area contributed by atoms with Crippen molar-refractivity contribution in [2.75, 3.05) is 0 Å². The van der Waals surface area contributed by atoms with E-state index in [1.165, 1.54) is 10.7 Å². The van der Waals surface area contributed by atoms with Gasteiger partial charge in [0.15, 0.2) is 5.69 Å². The lowest BCUT2D eigenvalue weighted by molar-refractivity contribution is -0.137. The van der Waals surface area contributed by atoms with Crippen LogP contribution >= 0.6 is 0 Å². The minimum Gasteiger partial charge on any atom is -0.493 e. The number of amides is 1. The molecule has 34 heavy (non-hydrogen) atoms. The molecule has 1 atom stereocenters. The van der Waals surface area contributed by atoms with Crippen molar-refractivity contribution in [1.82, 2.24) is 15.1 Å². The molecule has 1 aromatic heterocycles. The van der Waals surface area contributed by atoms with Crippen molar-refractivity contribution in [2.45, 2.75) is 26.3 Å². The zero-order valence-electron chi connectivity index (χ0n) is 18.9. The van der Waals surface area contributed by atoms with Gasteiger partial charge in [0, 0.05) is 6.07 Å². The summed E-state index contributed by atoms with van der Waals surface area (Å²) in [6.07, 6.45) is -0.292. The summed E-state index contributed by atoms with van der Waals surface area (Å²) in [5.41, 5.74) is 5.22. The highest BCUT2D eigenvalue weighted by atomic mass is 16.4. The number of carbonyl (C=O) groups is 2. The van der Waals surface area contributed by atoms with E-state index in [0.29, 0.717) is 11.3 Å². The summed E-state index contributed by atoms with van der Waals surface area (Å²) in [7, 11) is 0. The van der Waals surface area contributed by atoms with Crippen molar-refractivity contribution in [1.29, 1.82) is 0 Å². The smallest absolute Gasteiger partial charge is 0.305 e. The second kappa shape index (κ2) is 9.62. The SMILES string of the molecule is Cc1ccc(C)c(-n2nc(C(=O)NC(CC(=O)O)c3ccc(-c4ccccc4)cc3)cc2O)c1. The molecule has 0 spiro atoms. The molecule has 4 rings (SSSR count). The van der Waals surface area contributed by atoms with E-state index in [0.717, 1.165) is 22.3 Å². The Morgan fingerprint density at radius 1 is 0.941 bits per heavy atom. The molecule has 1 amide bonds. The number of carbonyl (C=O) groups excluding carboxylic acids is 1. The number of aryl methyl sites for hydroxylation is 2. The minimum atomic E-state index is -1.04. The van der Waals surface area contributed by atoms with Gasteiger partial charge in [0.1, 0.15) is 0 Å². The lowest BCUT2D eigenvalue weighted by Gasteiger charge is -2.17. The summed E-state index contributed by atoms with van der Waals surface area (Å²) < 4.78 is 1.30. The number of hydrogen-bond acceptors (Lipinski definition) is 4. The van der Waals surface area contributed by atoms with Gasteiger partial charge in [-0.15, -0.1) is 0 Å². The van der Waals surface area contributed by atoms with E-state index in [2.05, 4.69) is 10.4 Å². The van der Waals surface area contributed by atoms with Crippen molar-refractivity contribution in [3.8, 4) is 22.7 Å². The molecule has 0 saturated heterocycles. The first-order chi connectivity index (χ1) is 16.3. The average Bonchev–Trinajstić information content (AvgIpc) is 3.22. The van der Waals surface area contributed by atoms with E-state index in [-0.39, 0.29) is 18.0 Å². The standard InChI is InChI=1S/C27H25N3O4/c1-17-8-9-18(2)24(14-17)30-25(31)15-23(29-30)27(34)28-22(16-26(32)33)21-12-10-20(11-13-21)19-6-4-3-5-7-19/h3-15,22,31H,16H2,1-2H3,(H,28,34)(H,32,33). The normalized spacial score (nSPS) is 11.7. The van der Waals surface area contributed by atoms with Crippen LogP contribution < -0.4 is 5.32 Å². The van der Waals surface area contributed by atoms with E-state index >= 15 is 0 Å². The van der Waals surface area contributed by atoms with Gasteiger partial charge in [0.2, 0.25) is 5.88 Å². The van der Waals surface area contributed by atoms with Crippen molar-refractivity contribution < 1.29 is 19.8 Å². The van der Waals surface area contributed by atoms with E-state index in [1.54, 1.807) is 0 Å². The van der Waals surface area contributed by atoms with Crippen LogP contribution in [0.1, 0.15) is 39.6 Å². The molecule has 1 unspecified atom stereocenters. The average molecular weight is 456 g/mol. The highest BCUT2D eigenvalue weighted by Gasteiger charge is 2.22. The Bertz CT molecular complexity index is 1330. The molecule has 7 nitrogen and oxygen atoms in total. The summed E-state index contributed by atoms with van der Waals surface area (Å²) in [5, 5.41) is 26.8. The Kier molecular flexibility index (Phi) is 6.45. The second-order valence-corrected chi connectivity index (χ2v) is 8.20. The van der Waals surface area contributed by atoms with Crippen LogP contribution in [0.4, 0.5) is 0 Å². The van der Waals surface area contributed by atoms with Gasteiger partial charge in [-0.2, -0.15) is 5.10 Å². The molecule has 0 radical (unpaired) electrons. The topological polar surface area (TPSA) is 104 Å². The molecular weight excluding hydrogens is 430 g/mol. The number of hydrogen-bond donors (Lipinski definition) is 3. The van der Waals surface area contributed by atoms with Gasteiger partial charge in [0.25, 0.3) is 5.91 Å². The van der Waals surface area contributed by atoms with Gasteiger partial charge in [-0.3, -0.25) is 9.59 Å². The number of carboxylic acids is 1. The molecule has 0 aliphatic carbocycles. The summed E-state index contributed by atoms with van der Waals surface area (Å²) in [6, 6.07) is 23.5. The van der Waals surface area contributed by atoms with Crippen LogP contribution in [-0.2, 0) is 4.79 Å². The molecule has 0 bridgehead atoms. The van der Waals surface area contributed by atoms with Crippen LogP contribution in [0.15, 0.2) is 78.9 Å². The second-order valence-electron chi connectivity index (χ2n) is 8.20. The van der Waals surface area contributed by atoms with Gasteiger partial charge in [-0.05, 0) is 47.7 Å². The number of nitrogens with one attached hydrogen (secondary N) is 1. The molecule has 3 N–H and O–H groups in total. The van der Waals surface area contributed by atoms with Gasteiger partial charge in [0.05, 0.1) is 18.2 Å². The first-order valence-corrected chi connectivity index (χ1v) is 10.9. The Morgan fingerprint density at radius 2 is 1.62 bits per heavy atom. The zero-order chi connectivity index (χ0) is 24.2. The lowest BCUT2D eigenvalue weighted by Crippen LogP contribution is -2.30. The summed E-state index contributed by atoms with van der Waals surface area (Å²) in [5.74, 6) is -1.79. The largest absolute Gasteiger partial charge is 0.493 e. The molecule has 0 saturated carbocycles. The third-order valence-electron chi connectivity index (χ3n) is 5.62. The molecule has 3 aromatic carbocycles. The van der Waals surface area contributed by atoms with Crippen LogP contribution in [0.3, 0.4) is 0 Å². The Morgan fingerprint density at radius 3 is 2.29 bits per heavy atom. The van der Waals surface area contributed by atoms with E-state index < -0.39 is 17.9 Å². The fraction of sp³-hybridized carbons (Fsp3) is 0.148. The Labute approximate surface area is 197 Å². The Balaban J connectivity index is 1.58. The highest BCUT2D eigenvalue weighted by molar-refractivity contribution is 5.93. The molecule has 7 heteroatoms. The maximum Gasteiger partial charge on any atom is 0.305 e. The molecule has 0 aliphatic rings. The maximum absolute atomic E-state index is 13.0. The highest BCUT2D eigenvalue weighted by Crippen LogP contribution is 2.25. The van der Waals surface area contributed by atoms with Gasteiger partial charge in [-0.25, -0.2) is 4.68 Å². The fourth-order valence-corrected chi connectivity index (χ4v) is 3.80. The number of rotatable bonds is 7. The summed E-state index contributed by atoms with van der Waals surface area (Å²) in [4.78, 5) is 24.4. The summed E-state index contributed by atoms with van der Waals surface area (Å²) >= 11 is 0. The van der Waals surface area contributed by atoms with Crippen LogP contribution in [0, 0.1) is 13.8 Å². The molecule has 172 valence electrons. The summed E-state index contributed by atoms with van der Waals surface area (Å²) in [6.45, 7) is 3.81. The Hall–Kier alpha value is -4.39. The number of nitrogens with zero attached hydrogens (tertiary/aromatic N) is 2. The first kappa shape index (κ1) is 22.8. The van der Waals surface area contributed by atoms with Crippen LogP contribution in [0.2, 0.25) is 0 Å². The van der Waals surface area contributed by atoms with E-state index in [4.69, 9.17) is 0 Å². The van der Waals surface area contributed by atoms with Crippen molar-refractivity contribution in [3.05, 3.63) is 101 Å². The van der Waals surface area contributed by atoms with E-state index in [1.807, 2.05) is 86.6 Å². The minimum absolute atomic E-state index is 0.00491. The molecule has 0 aliphatic heterocycles. The third-order valence-corrected chi connectivity index (χ3v) is 5.62. The van der Waals surface area contributed by atoms with E-state index in [9.17, 15) is 19.8 Å². The molecular formula is C27H25N3O4.